The van der Waals surface area contributed by atoms with E-state index >= 15 is 0 Å². The molecule has 0 bridgehead atoms. The van der Waals surface area contributed by atoms with Gasteiger partial charge in [-0.1, -0.05) is 0 Å². The molecule has 0 atom stereocenters. The molecule has 0 aliphatic heterocycles. The van der Waals surface area contributed by atoms with Crippen LogP contribution in [0.1, 0.15) is 0 Å². The van der Waals surface area contributed by atoms with E-state index < -0.39 is 0 Å². The van der Waals surface area contributed by atoms with Crippen LogP contribution in [0.5, 0.6) is 0 Å². The summed E-state index contributed by atoms with van der Waals surface area (Å²) < 4.78 is 0. The average Bonchev–Trinajstić information content (AvgIpc) is 0. The molecule has 7 nitrogen and oxygen atoms in total. The van der Waals surface area contributed by atoms with Crippen molar-refractivity contribution in [3.05, 3.63) is 0 Å². The molecule has 0 aromatic rings. The first-order valence-electron chi connectivity index (χ1n) is 0. The van der Waals surface area contributed by atoms with Crippen molar-refractivity contribution in [2.45, 2.75) is 0 Å². The Morgan fingerprint density at radius 2 is 0.333 bits per heavy atom. The molecule has 0 saturated heterocycles. The summed E-state index contributed by atoms with van der Waals surface area (Å²) in [6.07, 6.45) is 0. The maximum atomic E-state index is 0. The molecule has 0 aromatic heterocycles. The summed E-state index contributed by atoms with van der Waals surface area (Å²) in [5, 5.41) is 0. The molecule has 0 amide bonds. The van der Waals surface area contributed by atoms with Gasteiger partial charge in [-0.25, -0.2) is 0 Å². The Morgan fingerprint density at radius 3 is 0.333 bits per heavy atom. The molecule has 9 heteroatoms. The van der Waals surface area contributed by atoms with Crippen LogP contribution in [0.3, 0.4) is 0 Å². The molecule has 0 aromatic carbocycles. The van der Waals surface area contributed by atoms with E-state index in [1.807, 2.05) is 0 Å². The molecule has 0 aliphatic rings. The van der Waals surface area contributed by atoms with Crippen molar-refractivity contribution in [2.75, 3.05) is 0 Å². The summed E-state index contributed by atoms with van der Waals surface area (Å²) in [5.74, 6) is 0. The van der Waals surface area contributed by atoms with Crippen molar-refractivity contribution < 1.29 is 64.5 Å². The third-order valence-electron chi connectivity index (χ3n) is 0. The standard InChI is InChI=1S/In.7H2O.Zr/h;7*1H2;/q+3;;;;;;;;+4/p-7. The Kier molecular flexibility index (Phi) is 15100. The minimum absolute atomic E-state index is 0. The minimum Gasteiger partial charge on any atom is -0.870 e. The smallest absolute Gasteiger partial charge is 0.870 e. The van der Waals surface area contributed by atoms with E-state index in [-0.39, 0.29) is 90.4 Å². The van der Waals surface area contributed by atoms with Crippen molar-refractivity contribution >= 4 is 25.8 Å². The van der Waals surface area contributed by atoms with E-state index in [0.717, 1.165) is 0 Å². The van der Waals surface area contributed by atoms with Crippen LogP contribution in [-0.4, -0.2) is 64.2 Å². The molecule has 0 aliphatic carbocycles. The topological polar surface area (TPSA) is 210 Å². The van der Waals surface area contributed by atoms with Crippen molar-refractivity contribution in [3.63, 3.8) is 0 Å². The first kappa shape index (κ1) is 433. The fraction of sp³-hybridized carbons (Fsp3) is 0. The van der Waals surface area contributed by atoms with Gasteiger partial charge in [-0.2, -0.15) is 0 Å². The summed E-state index contributed by atoms with van der Waals surface area (Å²) in [6.45, 7) is 0. The van der Waals surface area contributed by atoms with Gasteiger partial charge in [0.15, 0.2) is 0 Å². The molecular formula is H7InO7Zr. The summed E-state index contributed by atoms with van der Waals surface area (Å²) in [6, 6.07) is 0. The predicted molar refractivity (Wildman–Crippen MR) is 19.3 cm³/mol. The SMILES string of the molecule is [In+3].[OH-].[OH-].[OH-].[OH-].[OH-].[OH-].[OH-].[Zr+4]. The van der Waals surface area contributed by atoms with Gasteiger partial charge < -0.3 is 38.3 Å². The molecule has 0 saturated carbocycles. The van der Waals surface area contributed by atoms with E-state index in [4.69, 9.17) is 0 Å². The van der Waals surface area contributed by atoms with Gasteiger partial charge >= 0.3 is 52.0 Å². The fourth-order valence-electron chi connectivity index (χ4n) is 0. The van der Waals surface area contributed by atoms with Crippen LogP contribution in [0.4, 0.5) is 0 Å². The van der Waals surface area contributed by atoms with Gasteiger partial charge in [0.05, 0.1) is 0 Å². The Bertz CT molecular complexity index is 8.88. The van der Waals surface area contributed by atoms with Crippen molar-refractivity contribution in [1.82, 2.24) is 0 Å². The van der Waals surface area contributed by atoms with Gasteiger partial charge in [0.2, 0.25) is 0 Å². The van der Waals surface area contributed by atoms with E-state index in [1.165, 1.54) is 0 Å². The van der Waals surface area contributed by atoms with E-state index in [0.29, 0.717) is 0 Å². The summed E-state index contributed by atoms with van der Waals surface area (Å²) in [5.41, 5.74) is 0. The Morgan fingerprint density at radius 1 is 0.333 bits per heavy atom. The van der Waals surface area contributed by atoms with Crippen LogP contribution in [0.2, 0.25) is 0 Å². The van der Waals surface area contributed by atoms with Gasteiger partial charge in [-0.15, -0.1) is 0 Å². The minimum atomic E-state index is 0. The van der Waals surface area contributed by atoms with Crippen LogP contribution in [0, 0.1) is 0 Å². The van der Waals surface area contributed by atoms with Crippen LogP contribution < -0.4 is 0 Å². The normalized spacial score (nSPS) is 0. The monoisotopic (exact) mass is 324 g/mol. The second-order valence-corrected chi connectivity index (χ2v) is 0. The molecule has 9 heavy (non-hydrogen) atoms. The van der Waals surface area contributed by atoms with Crippen molar-refractivity contribution in [1.29, 1.82) is 0 Å². The molecule has 56 valence electrons. The predicted octanol–water partition coefficient (Wildman–Crippen LogP) is -1.62. The maximum Gasteiger partial charge on any atom is 4.00 e. The number of hydrogen-bond acceptors (Lipinski definition) is 7. The number of hydrogen-bond donors (Lipinski definition) is 0. The third-order valence-corrected chi connectivity index (χ3v) is 0. The Hall–Kier alpha value is 1.47. The number of rotatable bonds is 0. The van der Waals surface area contributed by atoms with Crippen LogP contribution in [0.15, 0.2) is 0 Å². The molecule has 0 spiro atoms. The van der Waals surface area contributed by atoms with Gasteiger partial charge in [-0.05, 0) is 0 Å². The summed E-state index contributed by atoms with van der Waals surface area (Å²) in [7, 11) is 0. The third kappa shape index (κ3) is 244. The van der Waals surface area contributed by atoms with Crippen LogP contribution in [-0.2, 0) is 26.2 Å². The second-order valence-electron chi connectivity index (χ2n) is 0. The second kappa shape index (κ2) is 313. The first-order chi connectivity index (χ1) is 0. The molecule has 0 fully saturated rings. The summed E-state index contributed by atoms with van der Waals surface area (Å²) in [4.78, 5) is 0. The molecule has 0 unspecified atom stereocenters. The van der Waals surface area contributed by atoms with Crippen LogP contribution >= 0.6 is 0 Å². The van der Waals surface area contributed by atoms with E-state index in [1.54, 1.807) is 0 Å². The summed E-state index contributed by atoms with van der Waals surface area (Å²) >= 11 is 0. The zero-order valence-electron chi connectivity index (χ0n) is 4.21. The van der Waals surface area contributed by atoms with Gasteiger partial charge in [0.25, 0.3) is 0 Å². The van der Waals surface area contributed by atoms with Crippen LogP contribution in [0.25, 0.3) is 0 Å². The van der Waals surface area contributed by atoms with Crippen molar-refractivity contribution in [3.8, 4) is 0 Å². The van der Waals surface area contributed by atoms with E-state index in [2.05, 4.69) is 0 Å². The zero-order valence-corrected chi connectivity index (χ0v) is 9.96. The average molecular weight is 325 g/mol. The molecule has 0 heterocycles. The molecule has 7 N–H and O–H groups in total. The Balaban J connectivity index is 0. The zero-order chi connectivity index (χ0) is 0. The van der Waals surface area contributed by atoms with Gasteiger partial charge in [-0.3, -0.25) is 0 Å². The van der Waals surface area contributed by atoms with Crippen molar-refractivity contribution in [2.24, 2.45) is 0 Å². The van der Waals surface area contributed by atoms with Gasteiger partial charge in [0, 0.05) is 0 Å². The van der Waals surface area contributed by atoms with E-state index in [9.17, 15) is 0 Å². The molecular weight excluding hydrogens is 318 g/mol. The largest absolute Gasteiger partial charge is 4.00 e. The first-order valence-corrected chi connectivity index (χ1v) is 0. The Labute approximate surface area is 89.9 Å². The quantitative estimate of drug-likeness (QED) is 0.507. The molecule has 0 rings (SSSR count). The molecule has 0 radical (unpaired) electrons. The maximum absolute atomic E-state index is 0. The fourth-order valence-corrected chi connectivity index (χ4v) is 0. The van der Waals surface area contributed by atoms with Gasteiger partial charge in [0.1, 0.15) is 0 Å².